The van der Waals surface area contributed by atoms with Crippen molar-refractivity contribution in [1.29, 1.82) is 0 Å². The minimum atomic E-state index is -0.214. The van der Waals surface area contributed by atoms with Crippen LogP contribution < -0.4 is 4.90 Å². The average Bonchev–Trinajstić information content (AvgIpc) is 3.80. The third-order valence-electron chi connectivity index (χ3n) is 10.4. The molecular formula is C46H33N3S. The number of imidazole rings is 1. The van der Waals surface area contributed by atoms with E-state index in [-0.39, 0.29) is 5.41 Å². The largest absolute Gasteiger partial charge is 0.310 e. The maximum atomic E-state index is 5.29. The summed E-state index contributed by atoms with van der Waals surface area (Å²) in [6.07, 6.45) is 0. The van der Waals surface area contributed by atoms with Gasteiger partial charge in [-0.25, -0.2) is 4.98 Å². The molecule has 0 aliphatic heterocycles. The standard InChI is InChI=1S/C46H33N3S/c1-46(2)39-27-34(48(31-16-8-4-9-17-31)33-23-25-44-38(26-33)36-20-12-13-21-43(36)50-44)22-24-35(39)37-28-42-41(29-40(37)46)47-45(30-14-6-3-7-15-30)49(42)32-18-10-5-11-19-32/h3-29H,1-2H3. The van der Waals surface area contributed by atoms with Gasteiger partial charge in [0.1, 0.15) is 5.82 Å². The van der Waals surface area contributed by atoms with E-state index < -0.39 is 0 Å². The number of benzene rings is 7. The van der Waals surface area contributed by atoms with Crippen LogP contribution in [0.3, 0.4) is 0 Å². The van der Waals surface area contributed by atoms with Gasteiger partial charge >= 0.3 is 0 Å². The smallest absolute Gasteiger partial charge is 0.145 e. The lowest BCUT2D eigenvalue weighted by Gasteiger charge is -2.28. The zero-order valence-corrected chi connectivity index (χ0v) is 28.7. The van der Waals surface area contributed by atoms with Crippen molar-refractivity contribution < 1.29 is 0 Å². The molecule has 50 heavy (non-hydrogen) atoms. The van der Waals surface area contributed by atoms with Crippen molar-refractivity contribution in [3.05, 3.63) is 175 Å². The van der Waals surface area contributed by atoms with Crippen LogP contribution in [0.1, 0.15) is 25.0 Å². The molecule has 4 heteroatoms. The van der Waals surface area contributed by atoms with Crippen LogP contribution in [-0.2, 0) is 5.41 Å². The molecule has 1 aliphatic carbocycles. The van der Waals surface area contributed by atoms with E-state index in [2.05, 4.69) is 187 Å². The SMILES string of the molecule is CC1(C)c2cc(N(c3ccccc3)c3ccc4sc5ccccc5c4c3)ccc2-c2cc3c(cc21)nc(-c1ccccc1)n3-c1ccccc1. The molecular weight excluding hydrogens is 627 g/mol. The molecule has 0 spiro atoms. The average molecular weight is 660 g/mol. The molecule has 2 aromatic heterocycles. The summed E-state index contributed by atoms with van der Waals surface area (Å²) in [6.45, 7) is 4.71. The fraction of sp³-hybridized carbons (Fsp3) is 0.0652. The Labute approximate surface area is 295 Å². The Hall–Kier alpha value is -5.97. The van der Waals surface area contributed by atoms with Crippen LogP contribution in [0.4, 0.5) is 17.1 Å². The lowest BCUT2D eigenvalue weighted by molar-refractivity contribution is 0.661. The molecule has 0 fully saturated rings. The molecule has 3 nitrogen and oxygen atoms in total. The third kappa shape index (κ3) is 4.38. The maximum Gasteiger partial charge on any atom is 0.145 e. The first kappa shape index (κ1) is 29.0. The van der Waals surface area contributed by atoms with Crippen LogP contribution in [0.2, 0.25) is 0 Å². The topological polar surface area (TPSA) is 21.1 Å². The van der Waals surface area contributed by atoms with Crippen molar-refractivity contribution in [2.75, 3.05) is 4.90 Å². The Morgan fingerprint density at radius 3 is 1.98 bits per heavy atom. The second kappa shape index (κ2) is 11.0. The van der Waals surface area contributed by atoms with E-state index >= 15 is 0 Å². The van der Waals surface area contributed by atoms with Crippen LogP contribution >= 0.6 is 11.3 Å². The predicted molar refractivity (Wildman–Crippen MR) is 212 cm³/mol. The molecule has 0 bridgehead atoms. The molecule has 0 saturated carbocycles. The molecule has 238 valence electrons. The van der Waals surface area contributed by atoms with E-state index in [0.29, 0.717) is 0 Å². The Bertz CT molecular complexity index is 2720. The maximum absolute atomic E-state index is 5.29. The first-order valence-electron chi connectivity index (χ1n) is 17.1. The summed E-state index contributed by atoms with van der Waals surface area (Å²) in [5.74, 6) is 0.956. The predicted octanol–water partition coefficient (Wildman–Crippen LogP) is 12.8. The number of anilines is 3. The number of para-hydroxylation sites is 2. The van der Waals surface area contributed by atoms with E-state index in [9.17, 15) is 0 Å². The van der Waals surface area contributed by atoms with Crippen molar-refractivity contribution in [2.45, 2.75) is 19.3 Å². The van der Waals surface area contributed by atoms with Gasteiger partial charge in [-0.15, -0.1) is 11.3 Å². The van der Waals surface area contributed by atoms with Crippen molar-refractivity contribution >= 4 is 59.6 Å². The Morgan fingerprint density at radius 1 is 0.540 bits per heavy atom. The number of nitrogens with zero attached hydrogens (tertiary/aromatic N) is 3. The monoisotopic (exact) mass is 659 g/mol. The molecule has 0 atom stereocenters. The molecule has 10 rings (SSSR count). The van der Waals surface area contributed by atoms with Gasteiger partial charge in [-0.05, 0) is 95.1 Å². The van der Waals surface area contributed by atoms with E-state index in [1.54, 1.807) is 0 Å². The summed E-state index contributed by atoms with van der Waals surface area (Å²) >= 11 is 1.86. The fourth-order valence-electron chi connectivity index (χ4n) is 7.93. The Morgan fingerprint density at radius 2 is 1.18 bits per heavy atom. The lowest BCUT2D eigenvalue weighted by Crippen LogP contribution is -2.16. The molecule has 0 amide bonds. The lowest BCUT2D eigenvalue weighted by atomic mass is 9.82. The van der Waals surface area contributed by atoms with Crippen LogP contribution in [0.25, 0.3) is 59.4 Å². The highest BCUT2D eigenvalue weighted by Gasteiger charge is 2.37. The van der Waals surface area contributed by atoms with Gasteiger partial charge in [-0.2, -0.15) is 0 Å². The zero-order valence-electron chi connectivity index (χ0n) is 27.8. The van der Waals surface area contributed by atoms with Gasteiger partial charge in [0.2, 0.25) is 0 Å². The zero-order chi connectivity index (χ0) is 33.4. The quantitative estimate of drug-likeness (QED) is 0.183. The highest BCUT2D eigenvalue weighted by atomic mass is 32.1. The van der Waals surface area contributed by atoms with E-state index in [1.165, 1.54) is 42.4 Å². The van der Waals surface area contributed by atoms with Crippen LogP contribution in [0, 0.1) is 0 Å². The van der Waals surface area contributed by atoms with Crippen LogP contribution in [0.5, 0.6) is 0 Å². The van der Waals surface area contributed by atoms with Gasteiger partial charge in [0.05, 0.1) is 11.0 Å². The van der Waals surface area contributed by atoms with Gasteiger partial charge < -0.3 is 4.90 Å². The molecule has 0 N–H and O–H groups in total. The summed E-state index contributed by atoms with van der Waals surface area (Å²) in [5.41, 5.74) is 12.8. The van der Waals surface area contributed by atoms with E-state index in [1.807, 2.05) is 11.3 Å². The third-order valence-corrected chi connectivity index (χ3v) is 11.5. The molecule has 0 unspecified atom stereocenters. The normalized spacial score (nSPS) is 13.2. The van der Waals surface area contributed by atoms with Gasteiger partial charge in [0.25, 0.3) is 0 Å². The van der Waals surface area contributed by atoms with E-state index in [0.717, 1.165) is 45.2 Å². The number of hydrogen-bond acceptors (Lipinski definition) is 3. The van der Waals surface area contributed by atoms with Crippen molar-refractivity contribution in [2.24, 2.45) is 0 Å². The van der Waals surface area contributed by atoms with Crippen molar-refractivity contribution in [1.82, 2.24) is 9.55 Å². The number of fused-ring (bicyclic) bond motifs is 7. The number of aromatic nitrogens is 2. The fourth-order valence-corrected chi connectivity index (χ4v) is 9.02. The molecule has 1 aliphatic rings. The van der Waals surface area contributed by atoms with Gasteiger partial charge in [0, 0.05) is 53.9 Å². The number of rotatable bonds is 5. The van der Waals surface area contributed by atoms with Crippen LogP contribution in [-0.4, -0.2) is 9.55 Å². The minimum Gasteiger partial charge on any atom is -0.310 e. The molecule has 0 radical (unpaired) electrons. The van der Waals surface area contributed by atoms with Gasteiger partial charge in [-0.3, -0.25) is 4.57 Å². The summed E-state index contributed by atoms with van der Waals surface area (Å²) in [7, 11) is 0. The summed E-state index contributed by atoms with van der Waals surface area (Å²) < 4.78 is 4.94. The Kier molecular flexibility index (Phi) is 6.39. The van der Waals surface area contributed by atoms with Gasteiger partial charge in [-0.1, -0.05) is 105 Å². The Balaban J connectivity index is 1.15. The number of hydrogen-bond donors (Lipinski definition) is 0. The van der Waals surface area contributed by atoms with Crippen LogP contribution in [0.15, 0.2) is 164 Å². The summed E-state index contributed by atoms with van der Waals surface area (Å²) in [5, 5.41) is 2.61. The van der Waals surface area contributed by atoms with Crippen molar-refractivity contribution in [3.63, 3.8) is 0 Å². The molecule has 0 saturated heterocycles. The first-order chi connectivity index (χ1) is 24.5. The number of thiophene rings is 1. The molecule has 9 aromatic rings. The second-order valence-corrected chi connectivity index (χ2v) is 14.7. The minimum absolute atomic E-state index is 0.214. The molecule has 7 aromatic carbocycles. The van der Waals surface area contributed by atoms with E-state index in [4.69, 9.17) is 4.98 Å². The summed E-state index contributed by atoms with van der Waals surface area (Å²) in [4.78, 5) is 7.69. The highest BCUT2D eigenvalue weighted by Crippen LogP contribution is 2.52. The second-order valence-electron chi connectivity index (χ2n) is 13.7. The van der Waals surface area contributed by atoms with Crippen molar-refractivity contribution in [3.8, 4) is 28.2 Å². The van der Waals surface area contributed by atoms with Gasteiger partial charge in [0.15, 0.2) is 0 Å². The first-order valence-corrected chi connectivity index (χ1v) is 18.0. The highest BCUT2D eigenvalue weighted by molar-refractivity contribution is 7.25. The molecule has 2 heterocycles. The summed E-state index contributed by atoms with van der Waals surface area (Å²) in [6, 6.07) is 59.2.